The zero-order valence-electron chi connectivity index (χ0n) is 18.2. The molecule has 2 heterocycles. The van der Waals surface area contributed by atoms with Gasteiger partial charge in [-0.05, 0) is 32.8 Å². The summed E-state index contributed by atoms with van der Waals surface area (Å²) < 4.78 is 11.9. The molecular weight excluding hydrogens is 408 g/mol. The average Bonchev–Trinajstić information content (AvgIpc) is 3.02. The van der Waals surface area contributed by atoms with Crippen LogP contribution >= 0.6 is 0 Å². The molecule has 0 saturated carbocycles. The van der Waals surface area contributed by atoms with Crippen LogP contribution in [-0.2, 0) is 23.1 Å². The second-order valence-electron chi connectivity index (χ2n) is 6.90. The number of nitrogen functional groups attached to an aromatic ring is 1. The Morgan fingerprint density at radius 1 is 1.03 bits per heavy atom. The molecule has 0 aliphatic rings. The minimum absolute atomic E-state index is 0.0904. The van der Waals surface area contributed by atoms with Gasteiger partial charge >= 0.3 is 17.6 Å². The molecule has 0 aliphatic heterocycles. The van der Waals surface area contributed by atoms with Gasteiger partial charge in [0.2, 0.25) is 5.78 Å². The van der Waals surface area contributed by atoms with E-state index in [1.807, 2.05) is 6.92 Å². The van der Waals surface area contributed by atoms with E-state index in [0.29, 0.717) is 17.7 Å². The third-order valence-corrected chi connectivity index (χ3v) is 4.76. The molecule has 2 rings (SSSR count). The van der Waals surface area contributed by atoms with Gasteiger partial charge in [0.25, 0.3) is 5.56 Å². The number of aryl methyl sites for hydroxylation is 1. The van der Waals surface area contributed by atoms with Gasteiger partial charge in [0.05, 0.1) is 12.2 Å². The Balaban J connectivity index is 2.30. The molecule has 0 atom stereocenters. The van der Waals surface area contributed by atoms with Gasteiger partial charge in [0, 0.05) is 19.3 Å². The summed E-state index contributed by atoms with van der Waals surface area (Å²) in [6.07, 6.45) is 0.555. The Morgan fingerprint density at radius 2 is 1.68 bits per heavy atom. The summed E-state index contributed by atoms with van der Waals surface area (Å²) >= 11 is 0. The average molecular weight is 434 g/mol. The number of H-pyrrole nitrogens is 1. The summed E-state index contributed by atoms with van der Waals surface area (Å²) in [7, 11) is 1.24. The smallest absolute Gasteiger partial charge is 0.355 e. The van der Waals surface area contributed by atoms with Crippen molar-refractivity contribution in [3.63, 3.8) is 0 Å². The highest BCUT2D eigenvalue weighted by Gasteiger charge is 2.26. The number of aromatic amines is 1. The molecule has 0 bridgehead atoms. The molecule has 0 spiro atoms. The highest BCUT2D eigenvalue weighted by atomic mass is 16.5. The number of carbonyl (C=O) groups excluding carboxylic acids is 3. The quantitative estimate of drug-likeness (QED) is 0.454. The maximum atomic E-state index is 12.6. The van der Waals surface area contributed by atoms with Crippen molar-refractivity contribution in [2.45, 2.75) is 40.7 Å². The van der Waals surface area contributed by atoms with Crippen LogP contribution in [0.1, 0.15) is 62.7 Å². The number of anilines is 1. The second-order valence-corrected chi connectivity index (χ2v) is 6.90. The van der Waals surface area contributed by atoms with E-state index in [1.165, 1.54) is 7.05 Å². The molecule has 2 aromatic rings. The fraction of sp³-hybridized carbons (Fsp3) is 0.450. The topological polar surface area (TPSA) is 155 Å². The fourth-order valence-corrected chi connectivity index (χ4v) is 3.22. The number of ketones is 1. The summed E-state index contributed by atoms with van der Waals surface area (Å²) in [6.45, 7) is 6.21. The molecule has 3 N–H and O–H groups in total. The molecular formula is C20H26N4O7. The van der Waals surface area contributed by atoms with E-state index in [0.717, 1.165) is 9.13 Å². The molecule has 2 aromatic heterocycles. The van der Waals surface area contributed by atoms with E-state index in [2.05, 4.69) is 4.98 Å². The van der Waals surface area contributed by atoms with Crippen molar-refractivity contribution in [2.24, 2.45) is 7.05 Å². The van der Waals surface area contributed by atoms with Crippen LogP contribution in [0.5, 0.6) is 0 Å². The van der Waals surface area contributed by atoms with Gasteiger partial charge in [0.15, 0.2) is 6.61 Å². The minimum atomic E-state index is -0.866. The molecule has 11 nitrogen and oxygen atoms in total. The zero-order valence-corrected chi connectivity index (χ0v) is 18.2. The first-order valence-electron chi connectivity index (χ1n) is 9.72. The van der Waals surface area contributed by atoms with Crippen molar-refractivity contribution in [1.82, 2.24) is 14.1 Å². The van der Waals surface area contributed by atoms with Gasteiger partial charge in [-0.25, -0.2) is 14.4 Å². The van der Waals surface area contributed by atoms with Gasteiger partial charge < -0.3 is 20.2 Å². The monoisotopic (exact) mass is 434 g/mol. The Bertz CT molecular complexity index is 1150. The fourth-order valence-electron chi connectivity index (χ4n) is 3.22. The van der Waals surface area contributed by atoms with Crippen LogP contribution in [0.2, 0.25) is 0 Å². The van der Waals surface area contributed by atoms with Crippen molar-refractivity contribution < 1.29 is 23.9 Å². The summed E-state index contributed by atoms with van der Waals surface area (Å²) in [5.41, 5.74) is 4.87. The number of hydrogen-bond acceptors (Lipinski definition) is 8. The molecule has 0 saturated heterocycles. The van der Waals surface area contributed by atoms with Crippen LogP contribution in [0.25, 0.3) is 0 Å². The van der Waals surface area contributed by atoms with Crippen molar-refractivity contribution in [3.8, 4) is 0 Å². The van der Waals surface area contributed by atoms with Crippen LogP contribution < -0.4 is 17.0 Å². The van der Waals surface area contributed by atoms with E-state index >= 15 is 0 Å². The third kappa shape index (κ3) is 4.44. The first kappa shape index (κ1) is 23.6. The van der Waals surface area contributed by atoms with E-state index < -0.39 is 41.1 Å². The number of nitrogens with one attached hydrogen (secondary N) is 1. The number of carbonyl (C=O) groups is 3. The highest BCUT2D eigenvalue weighted by molar-refractivity contribution is 6.03. The largest absolute Gasteiger partial charge is 0.461 e. The Morgan fingerprint density at radius 3 is 2.26 bits per heavy atom. The predicted octanol–water partition coefficient (Wildman–Crippen LogP) is 0.701. The van der Waals surface area contributed by atoms with Crippen LogP contribution in [0.15, 0.2) is 9.59 Å². The van der Waals surface area contributed by atoms with E-state index in [4.69, 9.17) is 15.2 Å². The SMILES string of the molecule is CCCn1c(N)c(C(=O)COC(=O)c2c(C)[nH]c(C(=O)OCC)c2C)c(=O)n(C)c1=O. The highest BCUT2D eigenvalue weighted by Crippen LogP contribution is 2.20. The lowest BCUT2D eigenvalue weighted by Gasteiger charge is -2.14. The van der Waals surface area contributed by atoms with Crippen LogP contribution in [0, 0.1) is 13.8 Å². The minimum Gasteiger partial charge on any atom is -0.461 e. The van der Waals surface area contributed by atoms with Gasteiger partial charge in [-0.1, -0.05) is 6.92 Å². The molecule has 0 unspecified atom stereocenters. The molecule has 31 heavy (non-hydrogen) atoms. The van der Waals surface area contributed by atoms with Crippen molar-refractivity contribution >= 4 is 23.5 Å². The Labute approximate surface area is 177 Å². The number of aromatic nitrogens is 3. The number of nitrogens with two attached hydrogens (primary N) is 1. The Kier molecular flexibility index (Phi) is 7.21. The summed E-state index contributed by atoms with van der Waals surface area (Å²) in [5, 5.41) is 0. The van der Waals surface area contributed by atoms with Crippen LogP contribution in [-0.4, -0.2) is 45.1 Å². The normalized spacial score (nSPS) is 10.7. The summed E-state index contributed by atoms with van der Waals surface area (Å²) in [5.74, 6) is -2.58. The van der Waals surface area contributed by atoms with Gasteiger partial charge in [0.1, 0.15) is 17.1 Å². The van der Waals surface area contributed by atoms with Crippen LogP contribution in [0.3, 0.4) is 0 Å². The lowest BCUT2D eigenvalue weighted by Crippen LogP contribution is -2.43. The van der Waals surface area contributed by atoms with E-state index in [9.17, 15) is 24.0 Å². The maximum Gasteiger partial charge on any atom is 0.355 e. The number of nitrogens with zero attached hydrogens (tertiary/aromatic N) is 2. The van der Waals surface area contributed by atoms with Crippen molar-refractivity contribution in [3.05, 3.63) is 48.9 Å². The molecule has 11 heteroatoms. The first-order valence-corrected chi connectivity index (χ1v) is 9.72. The molecule has 168 valence electrons. The summed E-state index contributed by atoms with van der Waals surface area (Å²) in [4.78, 5) is 64.6. The second kappa shape index (κ2) is 9.45. The zero-order chi connectivity index (χ0) is 23.5. The van der Waals surface area contributed by atoms with Gasteiger partial charge in [-0.3, -0.25) is 18.7 Å². The first-order chi connectivity index (χ1) is 14.6. The van der Waals surface area contributed by atoms with Gasteiger partial charge in [-0.15, -0.1) is 0 Å². The molecule has 0 aliphatic carbocycles. The standard InChI is InChI=1S/C20H26N4O7/c1-6-8-24-16(21)14(17(26)23(5)20(24)29)12(25)9-31-18(27)13-10(3)15(22-11(13)4)19(28)30-7-2/h22H,6-9,21H2,1-5H3. The number of rotatable bonds is 8. The van der Waals surface area contributed by atoms with E-state index in [1.54, 1.807) is 20.8 Å². The van der Waals surface area contributed by atoms with Crippen molar-refractivity contribution in [2.75, 3.05) is 18.9 Å². The van der Waals surface area contributed by atoms with E-state index in [-0.39, 0.29) is 30.2 Å². The molecule has 0 aromatic carbocycles. The molecule has 0 fully saturated rings. The van der Waals surface area contributed by atoms with Gasteiger partial charge in [-0.2, -0.15) is 0 Å². The third-order valence-electron chi connectivity index (χ3n) is 4.76. The lowest BCUT2D eigenvalue weighted by molar-refractivity contribution is 0.0473. The lowest BCUT2D eigenvalue weighted by atomic mass is 10.1. The number of ether oxygens (including phenoxy) is 2. The predicted molar refractivity (Wildman–Crippen MR) is 111 cm³/mol. The maximum absolute atomic E-state index is 12.6. The van der Waals surface area contributed by atoms with Crippen molar-refractivity contribution in [1.29, 1.82) is 0 Å². The molecule has 0 radical (unpaired) electrons. The molecule has 0 amide bonds. The summed E-state index contributed by atoms with van der Waals surface area (Å²) in [6, 6.07) is 0. The Hall–Kier alpha value is -3.63. The van der Waals surface area contributed by atoms with Crippen LogP contribution in [0.4, 0.5) is 5.82 Å². The number of Topliss-reactive ketones (excluding diaryl/α,β-unsaturated/α-hetero) is 1. The number of esters is 2. The number of hydrogen-bond donors (Lipinski definition) is 2.